The largest absolute Gasteiger partial charge is 0.452 e. The Bertz CT molecular complexity index is 1350. The van der Waals surface area contributed by atoms with Crippen molar-refractivity contribution < 1.29 is 35.6 Å². The third kappa shape index (κ3) is 5.48. The number of thiophene rings is 1. The first-order valence-electron chi connectivity index (χ1n) is 11.2. The van der Waals surface area contributed by atoms with Gasteiger partial charge in [-0.25, -0.2) is 13.1 Å². The number of nitrogens with zero attached hydrogens (tertiary/aromatic N) is 2. The highest BCUT2D eigenvalue weighted by molar-refractivity contribution is 7.91. The Morgan fingerprint density at radius 2 is 1.86 bits per heavy atom. The van der Waals surface area contributed by atoms with E-state index in [0.717, 1.165) is 28.5 Å². The van der Waals surface area contributed by atoms with Gasteiger partial charge in [-0.3, -0.25) is 4.79 Å². The maximum absolute atomic E-state index is 12.8. The maximum atomic E-state index is 12.8. The van der Waals surface area contributed by atoms with Gasteiger partial charge in [0.2, 0.25) is 21.7 Å². The fourth-order valence-corrected chi connectivity index (χ4v) is 6.62. The zero-order valence-electron chi connectivity index (χ0n) is 18.8. The standard InChI is InChI=1S/C23H22F3N3O5S2/c24-23(25,26)20-13-18(27-34-20)19-5-6-22(35-19)36(31,32)28-17-12-16(17)15-3-1-14(2-4-15)11-21(30)29-7-9-33-10-8-29/h1-6,13,16-17,28H,7-12H2/t16-,17+/m0/s1. The number of rotatable bonds is 7. The van der Waals surface area contributed by atoms with Gasteiger partial charge in [0, 0.05) is 31.1 Å². The van der Waals surface area contributed by atoms with Gasteiger partial charge < -0.3 is 14.2 Å². The second-order valence-electron chi connectivity index (χ2n) is 8.67. The van der Waals surface area contributed by atoms with E-state index >= 15 is 0 Å². The molecule has 0 radical (unpaired) electrons. The van der Waals surface area contributed by atoms with Crippen LogP contribution in [0, 0.1) is 0 Å². The maximum Gasteiger partial charge on any atom is 0.452 e. The number of ether oxygens (including phenoxy) is 1. The van der Waals surface area contributed by atoms with Crippen molar-refractivity contribution in [1.29, 1.82) is 0 Å². The number of carbonyl (C=O) groups is 1. The van der Waals surface area contributed by atoms with E-state index in [0.29, 0.717) is 39.1 Å². The minimum Gasteiger partial charge on any atom is -0.378 e. The molecule has 1 N–H and O–H groups in total. The first-order chi connectivity index (χ1) is 17.1. The van der Waals surface area contributed by atoms with Gasteiger partial charge in [-0.15, -0.1) is 11.3 Å². The van der Waals surface area contributed by atoms with Crippen LogP contribution in [-0.2, 0) is 32.2 Å². The van der Waals surface area contributed by atoms with E-state index in [4.69, 9.17) is 4.74 Å². The Balaban J connectivity index is 1.18. The molecule has 13 heteroatoms. The molecule has 2 fully saturated rings. The van der Waals surface area contributed by atoms with Crippen molar-refractivity contribution in [1.82, 2.24) is 14.8 Å². The number of carbonyl (C=O) groups excluding carboxylic acids is 1. The summed E-state index contributed by atoms with van der Waals surface area (Å²) in [5.41, 5.74) is 1.78. The molecule has 36 heavy (non-hydrogen) atoms. The van der Waals surface area contributed by atoms with E-state index in [1.165, 1.54) is 12.1 Å². The Hall–Kier alpha value is -2.74. The molecule has 1 saturated carbocycles. The van der Waals surface area contributed by atoms with Crippen LogP contribution in [-0.4, -0.2) is 56.7 Å². The number of morpholine rings is 1. The highest BCUT2D eigenvalue weighted by atomic mass is 32.2. The van der Waals surface area contributed by atoms with Crippen LogP contribution in [0.1, 0.15) is 29.2 Å². The van der Waals surface area contributed by atoms with Crippen LogP contribution in [0.4, 0.5) is 13.2 Å². The Labute approximate surface area is 209 Å². The van der Waals surface area contributed by atoms with Crippen LogP contribution < -0.4 is 4.72 Å². The van der Waals surface area contributed by atoms with Crippen LogP contribution >= 0.6 is 11.3 Å². The molecule has 192 valence electrons. The van der Waals surface area contributed by atoms with Gasteiger partial charge in [0.15, 0.2) is 0 Å². The molecule has 2 aliphatic rings. The molecule has 0 bridgehead atoms. The molecule has 0 spiro atoms. The molecule has 2 aromatic heterocycles. The third-order valence-electron chi connectivity index (χ3n) is 6.11. The van der Waals surface area contributed by atoms with Crippen LogP contribution in [0.25, 0.3) is 10.6 Å². The number of aromatic nitrogens is 1. The molecule has 3 aromatic rings. The van der Waals surface area contributed by atoms with Crippen molar-refractivity contribution in [3.63, 3.8) is 0 Å². The van der Waals surface area contributed by atoms with Crippen molar-refractivity contribution in [3.05, 3.63) is 59.4 Å². The summed E-state index contributed by atoms with van der Waals surface area (Å²) in [4.78, 5) is 14.5. The highest BCUT2D eigenvalue weighted by Gasteiger charge is 2.42. The Morgan fingerprint density at radius 3 is 2.53 bits per heavy atom. The minimum atomic E-state index is -4.67. The summed E-state index contributed by atoms with van der Waals surface area (Å²) in [7, 11) is -3.86. The molecule has 1 aromatic carbocycles. The quantitative estimate of drug-likeness (QED) is 0.490. The SMILES string of the molecule is O=C(Cc1ccc([C@@H]2C[C@H]2NS(=O)(=O)c2ccc(-c3cc(C(F)(F)F)on3)s2)cc1)N1CCOCC1. The minimum absolute atomic E-state index is 0.00749. The van der Waals surface area contributed by atoms with Crippen molar-refractivity contribution in [2.45, 2.75) is 35.2 Å². The average molecular weight is 542 g/mol. The summed E-state index contributed by atoms with van der Waals surface area (Å²) in [5.74, 6) is -1.18. The van der Waals surface area contributed by atoms with Gasteiger partial charge in [0.25, 0.3) is 0 Å². The number of sulfonamides is 1. The van der Waals surface area contributed by atoms with Crippen LogP contribution in [0.2, 0.25) is 0 Å². The van der Waals surface area contributed by atoms with E-state index in [1.54, 1.807) is 4.90 Å². The van der Waals surface area contributed by atoms with E-state index in [9.17, 15) is 26.4 Å². The lowest BCUT2D eigenvalue weighted by Crippen LogP contribution is -2.41. The molecular weight excluding hydrogens is 519 g/mol. The van der Waals surface area contributed by atoms with Gasteiger partial charge in [-0.2, -0.15) is 13.2 Å². The Morgan fingerprint density at radius 1 is 1.14 bits per heavy atom. The number of alkyl halides is 3. The van der Waals surface area contributed by atoms with Crippen LogP contribution in [0.3, 0.4) is 0 Å². The molecule has 5 rings (SSSR count). The van der Waals surface area contributed by atoms with E-state index in [2.05, 4.69) is 14.4 Å². The summed E-state index contributed by atoms with van der Waals surface area (Å²) in [6.07, 6.45) is -3.74. The molecule has 3 heterocycles. The molecule has 2 atom stereocenters. The Kier molecular flexibility index (Phi) is 6.66. The van der Waals surface area contributed by atoms with E-state index in [1.807, 2.05) is 24.3 Å². The first kappa shape index (κ1) is 24.9. The predicted octanol–water partition coefficient (Wildman–Crippen LogP) is 3.66. The number of hydrogen-bond acceptors (Lipinski definition) is 7. The lowest BCUT2D eigenvalue weighted by molar-refractivity contribution is -0.155. The van der Waals surface area contributed by atoms with E-state index in [-0.39, 0.29) is 32.6 Å². The normalized spacial score (nSPS) is 20.5. The second-order valence-corrected chi connectivity index (χ2v) is 11.7. The van der Waals surface area contributed by atoms with Crippen molar-refractivity contribution in [2.24, 2.45) is 0 Å². The molecule has 1 saturated heterocycles. The number of hydrogen-bond donors (Lipinski definition) is 1. The van der Waals surface area contributed by atoms with Crippen molar-refractivity contribution in [3.8, 4) is 10.6 Å². The molecule has 1 aliphatic carbocycles. The highest BCUT2D eigenvalue weighted by Crippen LogP contribution is 2.42. The van der Waals surface area contributed by atoms with Gasteiger partial charge >= 0.3 is 6.18 Å². The van der Waals surface area contributed by atoms with Gasteiger partial charge in [0.05, 0.1) is 24.5 Å². The predicted molar refractivity (Wildman–Crippen MR) is 124 cm³/mol. The van der Waals surface area contributed by atoms with Crippen molar-refractivity contribution in [2.75, 3.05) is 26.3 Å². The molecule has 1 aliphatic heterocycles. The van der Waals surface area contributed by atoms with Gasteiger partial charge in [-0.05, 0) is 29.7 Å². The third-order valence-corrected chi connectivity index (χ3v) is 9.20. The number of halogens is 3. The molecular formula is C23H22F3N3O5S2. The smallest absolute Gasteiger partial charge is 0.378 e. The van der Waals surface area contributed by atoms with E-state index < -0.39 is 22.0 Å². The van der Waals surface area contributed by atoms with Gasteiger partial charge in [-0.1, -0.05) is 29.4 Å². The summed E-state index contributed by atoms with van der Waals surface area (Å²) < 4.78 is 76.1. The lowest BCUT2D eigenvalue weighted by atomic mass is 10.1. The fraction of sp³-hybridized carbons (Fsp3) is 0.391. The number of benzene rings is 1. The molecule has 8 nitrogen and oxygen atoms in total. The lowest BCUT2D eigenvalue weighted by Gasteiger charge is -2.26. The molecule has 1 amide bonds. The average Bonchev–Trinajstić information content (AvgIpc) is 3.23. The number of nitrogens with one attached hydrogen (secondary N) is 1. The zero-order valence-corrected chi connectivity index (χ0v) is 20.5. The van der Waals surface area contributed by atoms with Gasteiger partial charge in [0.1, 0.15) is 9.90 Å². The summed E-state index contributed by atoms with van der Waals surface area (Å²) in [6.45, 7) is 2.30. The zero-order chi connectivity index (χ0) is 25.5. The second kappa shape index (κ2) is 9.61. The van der Waals surface area contributed by atoms with Crippen LogP contribution in [0.15, 0.2) is 51.2 Å². The monoisotopic (exact) mass is 541 g/mol. The van der Waals surface area contributed by atoms with Crippen molar-refractivity contribution >= 4 is 27.3 Å². The number of amides is 1. The van der Waals surface area contributed by atoms with Crippen LogP contribution in [0.5, 0.6) is 0 Å². The molecule has 0 unspecified atom stereocenters. The summed E-state index contributed by atoms with van der Waals surface area (Å²) >= 11 is 0.819. The first-order valence-corrected chi connectivity index (χ1v) is 13.5. The fourth-order valence-electron chi connectivity index (χ4n) is 4.06. The topological polar surface area (TPSA) is 102 Å². The summed E-state index contributed by atoms with van der Waals surface area (Å²) in [5, 5.41) is 3.40. The summed E-state index contributed by atoms with van der Waals surface area (Å²) in [6, 6.07) is 10.8.